The lowest BCUT2D eigenvalue weighted by atomic mass is 9.92. The van der Waals surface area contributed by atoms with E-state index in [1.54, 1.807) is 0 Å². The fourth-order valence-corrected chi connectivity index (χ4v) is 2.78. The van der Waals surface area contributed by atoms with Crippen molar-refractivity contribution in [2.45, 2.75) is 51.6 Å². The van der Waals surface area contributed by atoms with Gasteiger partial charge in [0.25, 0.3) is 0 Å². The maximum absolute atomic E-state index is 10.4. The van der Waals surface area contributed by atoms with Crippen LogP contribution < -0.4 is 0 Å². The van der Waals surface area contributed by atoms with Crippen LogP contribution in [0.15, 0.2) is 6.07 Å². The summed E-state index contributed by atoms with van der Waals surface area (Å²) in [4.78, 5) is 0. The predicted molar refractivity (Wildman–Crippen MR) is 64.1 cm³/mol. The summed E-state index contributed by atoms with van der Waals surface area (Å²) in [5.74, 6) is 0.428. The third-order valence-electron chi connectivity index (χ3n) is 3.69. The Kier molecular flexibility index (Phi) is 3.64. The number of aryl methyl sites for hydroxylation is 2. The highest BCUT2D eigenvalue weighted by Gasteiger charge is 2.24. The quantitative estimate of drug-likeness (QED) is 0.781. The molecule has 1 aliphatic carbocycles. The molecule has 0 aliphatic heterocycles. The van der Waals surface area contributed by atoms with Crippen molar-refractivity contribution >= 4 is 0 Å². The van der Waals surface area contributed by atoms with Gasteiger partial charge >= 0.3 is 0 Å². The SMILES string of the molecule is Cc1cc(C(O)C2CCCCCC2)n(C)n1. The summed E-state index contributed by atoms with van der Waals surface area (Å²) in [5.41, 5.74) is 1.97. The molecule has 1 aliphatic rings. The van der Waals surface area contributed by atoms with Crippen molar-refractivity contribution in [3.05, 3.63) is 17.5 Å². The second-order valence-electron chi connectivity index (χ2n) is 5.03. The maximum atomic E-state index is 10.4. The Bertz CT molecular complexity index is 338. The van der Waals surface area contributed by atoms with Crippen molar-refractivity contribution in [1.82, 2.24) is 9.78 Å². The first-order valence-corrected chi connectivity index (χ1v) is 6.37. The molecule has 0 spiro atoms. The van der Waals surface area contributed by atoms with Crippen LogP contribution in [0.25, 0.3) is 0 Å². The summed E-state index contributed by atoms with van der Waals surface area (Å²) in [6.45, 7) is 1.98. The van der Waals surface area contributed by atoms with Gasteiger partial charge in [0, 0.05) is 7.05 Å². The molecule has 1 aromatic rings. The number of hydrogen-bond acceptors (Lipinski definition) is 2. The molecular formula is C13H22N2O. The third-order valence-corrected chi connectivity index (χ3v) is 3.69. The summed E-state index contributed by atoms with van der Waals surface area (Å²) >= 11 is 0. The van der Waals surface area contributed by atoms with Gasteiger partial charge in [-0.2, -0.15) is 5.10 Å². The minimum Gasteiger partial charge on any atom is -0.387 e. The van der Waals surface area contributed by atoms with Gasteiger partial charge < -0.3 is 5.11 Å². The number of hydrogen-bond donors (Lipinski definition) is 1. The molecule has 1 saturated carbocycles. The largest absolute Gasteiger partial charge is 0.387 e. The molecule has 1 unspecified atom stereocenters. The lowest BCUT2D eigenvalue weighted by Crippen LogP contribution is -2.15. The molecule has 90 valence electrons. The zero-order valence-electron chi connectivity index (χ0n) is 10.3. The minimum absolute atomic E-state index is 0.329. The molecule has 1 N–H and O–H groups in total. The number of rotatable bonds is 2. The standard InChI is InChI=1S/C13H22N2O/c1-10-9-12(15(2)14-10)13(16)11-7-5-3-4-6-8-11/h9,11,13,16H,3-8H2,1-2H3. The summed E-state index contributed by atoms with van der Waals surface area (Å²) in [6, 6.07) is 2.01. The second kappa shape index (κ2) is 5.00. The average Bonchev–Trinajstić information content (AvgIpc) is 2.49. The molecule has 0 saturated heterocycles. The molecule has 3 nitrogen and oxygen atoms in total. The van der Waals surface area contributed by atoms with Crippen molar-refractivity contribution in [1.29, 1.82) is 0 Å². The minimum atomic E-state index is -0.329. The van der Waals surface area contributed by atoms with E-state index in [1.807, 2.05) is 24.7 Å². The van der Waals surface area contributed by atoms with E-state index in [0.717, 1.165) is 24.2 Å². The number of nitrogens with zero attached hydrogens (tertiary/aromatic N) is 2. The van der Waals surface area contributed by atoms with Gasteiger partial charge in [-0.25, -0.2) is 0 Å². The zero-order valence-corrected chi connectivity index (χ0v) is 10.3. The molecule has 16 heavy (non-hydrogen) atoms. The lowest BCUT2D eigenvalue weighted by molar-refractivity contribution is 0.0910. The molecule has 0 radical (unpaired) electrons. The topological polar surface area (TPSA) is 38.0 Å². The maximum Gasteiger partial charge on any atom is 0.0984 e. The molecular weight excluding hydrogens is 200 g/mol. The molecule has 0 aromatic carbocycles. The van der Waals surface area contributed by atoms with Crippen molar-refractivity contribution in [2.75, 3.05) is 0 Å². The number of aromatic nitrogens is 2. The van der Waals surface area contributed by atoms with Gasteiger partial charge in [-0.05, 0) is 31.7 Å². The Balaban J connectivity index is 2.10. The molecule has 1 atom stereocenters. The highest BCUT2D eigenvalue weighted by atomic mass is 16.3. The Morgan fingerprint density at radius 3 is 2.44 bits per heavy atom. The van der Waals surface area contributed by atoms with Gasteiger partial charge in [0.1, 0.15) is 0 Å². The van der Waals surface area contributed by atoms with E-state index >= 15 is 0 Å². The van der Waals surface area contributed by atoms with Crippen LogP contribution in [0.1, 0.15) is 56.0 Å². The van der Waals surface area contributed by atoms with E-state index in [0.29, 0.717) is 5.92 Å². The van der Waals surface area contributed by atoms with Crippen molar-refractivity contribution < 1.29 is 5.11 Å². The fourth-order valence-electron chi connectivity index (χ4n) is 2.78. The lowest BCUT2D eigenvalue weighted by Gasteiger charge is -2.21. The summed E-state index contributed by atoms with van der Waals surface area (Å²) in [7, 11) is 1.92. The highest BCUT2D eigenvalue weighted by Crippen LogP contribution is 2.33. The van der Waals surface area contributed by atoms with E-state index in [1.165, 1.54) is 25.7 Å². The van der Waals surface area contributed by atoms with Crippen molar-refractivity contribution in [3.63, 3.8) is 0 Å². The summed E-state index contributed by atoms with van der Waals surface area (Å²) in [6.07, 6.45) is 7.17. The second-order valence-corrected chi connectivity index (χ2v) is 5.03. The van der Waals surface area contributed by atoms with E-state index in [-0.39, 0.29) is 6.10 Å². The van der Waals surface area contributed by atoms with Crippen LogP contribution in [0.5, 0.6) is 0 Å². The van der Waals surface area contributed by atoms with E-state index in [9.17, 15) is 5.11 Å². The predicted octanol–water partition coefficient (Wildman–Crippen LogP) is 2.73. The normalized spacial score (nSPS) is 20.7. The summed E-state index contributed by atoms with van der Waals surface area (Å²) < 4.78 is 1.82. The van der Waals surface area contributed by atoms with Crippen LogP contribution in [-0.2, 0) is 7.05 Å². The molecule has 1 heterocycles. The van der Waals surface area contributed by atoms with Crippen LogP contribution >= 0.6 is 0 Å². The smallest absolute Gasteiger partial charge is 0.0984 e. The van der Waals surface area contributed by atoms with Gasteiger partial charge in [0.15, 0.2) is 0 Å². The van der Waals surface area contributed by atoms with Gasteiger partial charge in [-0.15, -0.1) is 0 Å². The third kappa shape index (κ3) is 2.46. The zero-order chi connectivity index (χ0) is 11.5. The van der Waals surface area contributed by atoms with Crippen LogP contribution in [0, 0.1) is 12.8 Å². The first kappa shape index (κ1) is 11.6. The monoisotopic (exact) mass is 222 g/mol. The van der Waals surface area contributed by atoms with E-state index in [4.69, 9.17) is 0 Å². The number of aliphatic hydroxyl groups excluding tert-OH is 1. The Labute approximate surface area is 97.5 Å². The van der Waals surface area contributed by atoms with Gasteiger partial charge in [0.2, 0.25) is 0 Å². The first-order chi connectivity index (χ1) is 7.68. The van der Waals surface area contributed by atoms with Crippen molar-refractivity contribution in [3.8, 4) is 0 Å². The van der Waals surface area contributed by atoms with Gasteiger partial charge in [-0.1, -0.05) is 25.7 Å². The van der Waals surface area contributed by atoms with Crippen molar-refractivity contribution in [2.24, 2.45) is 13.0 Å². The molecule has 1 aromatic heterocycles. The summed E-state index contributed by atoms with van der Waals surface area (Å²) in [5, 5.41) is 14.7. The fraction of sp³-hybridized carbons (Fsp3) is 0.769. The van der Waals surface area contributed by atoms with E-state index in [2.05, 4.69) is 5.10 Å². The van der Waals surface area contributed by atoms with Crippen LogP contribution in [0.3, 0.4) is 0 Å². The van der Waals surface area contributed by atoms with E-state index < -0.39 is 0 Å². The Morgan fingerprint density at radius 1 is 1.31 bits per heavy atom. The van der Waals surface area contributed by atoms with Gasteiger partial charge in [0.05, 0.1) is 17.5 Å². The Morgan fingerprint density at radius 2 is 1.94 bits per heavy atom. The van der Waals surface area contributed by atoms with Crippen LogP contribution in [0.2, 0.25) is 0 Å². The Hall–Kier alpha value is -0.830. The van der Waals surface area contributed by atoms with Crippen LogP contribution in [0.4, 0.5) is 0 Å². The highest BCUT2D eigenvalue weighted by molar-refractivity contribution is 5.12. The van der Waals surface area contributed by atoms with Gasteiger partial charge in [-0.3, -0.25) is 4.68 Å². The first-order valence-electron chi connectivity index (χ1n) is 6.37. The molecule has 2 rings (SSSR count). The number of aliphatic hydroxyl groups is 1. The molecule has 0 bridgehead atoms. The average molecular weight is 222 g/mol. The molecule has 0 amide bonds. The molecule has 3 heteroatoms. The van der Waals surface area contributed by atoms with Crippen LogP contribution in [-0.4, -0.2) is 14.9 Å². The molecule has 1 fully saturated rings.